The Bertz CT molecular complexity index is 698. The molecule has 21 heavy (non-hydrogen) atoms. The van der Waals surface area contributed by atoms with Gasteiger partial charge in [-0.2, -0.15) is 4.98 Å². The van der Waals surface area contributed by atoms with Gasteiger partial charge in [0.1, 0.15) is 17.5 Å². The number of hydrogen-bond acceptors (Lipinski definition) is 4. The van der Waals surface area contributed by atoms with Gasteiger partial charge in [-0.25, -0.2) is 0 Å². The van der Waals surface area contributed by atoms with E-state index in [9.17, 15) is 9.90 Å². The van der Waals surface area contributed by atoms with Gasteiger partial charge < -0.3 is 14.8 Å². The summed E-state index contributed by atoms with van der Waals surface area (Å²) in [6.07, 6.45) is -0.399. The molecule has 0 aliphatic heterocycles. The van der Waals surface area contributed by atoms with Gasteiger partial charge in [-0.05, 0) is 12.0 Å². The van der Waals surface area contributed by atoms with Crippen LogP contribution in [0.25, 0.3) is 11.1 Å². The second-order valence-corrected chi connectivity index (χ2v) is 5.44. The van der Waals surface area contributed by atoms with Gasteiger partial charge in [0.25, 0.3) is 5.56 Å². The molecule has 0 fully saturated rings. The Morgan fingerprint density at radius 1 is 1.33 bits per heavy atom. The van der Waals surface area contributed by atoms with E-state index in [0.717, 1.165) is 0 Å². The van der Waals surface area contributed by atoms with E-state index in [2.05, 4.69) is 9.97 Å². The van der Waals surface area contributed by atoms with E-state index in [1.165, 1.54) is 7.11 Å². The van der Waals surface area contributed by atoms with Gasteiger partial charge >= 0.3 is 0 Å². The first-order valence-corrected chi connectivity index (χ1v) is 6.94. The predicted molar refractivity (Wildman–Crippen MR) is 81.6 cm³/mol. The average molecular weight is 309 g/mol. The van der Waals surface area contributed by atoms with E-state index in [0.29, 0.717) is 16.4 Å². The molecule has 0 amide bonds. The molecule has 1 aromatic heterocycles. The zero-order valence-corrected chi connectivity index (χ0v) is 12.8. The second-order valence-electron chi connectivity index (χ2n) is 5.03. The molecule has 0 saturated carbocycles. The summed E-state index contributed by atoms with van der Waals surface area (Å²) in [7, 11) is 1.53. The molecule has 1 atom stereocenters. The molecular weight excluding hydrogens is 292 g/mol. The smallest absolute Gasteiger partial charge is 0.262 e. The zero-order chi connectivity index (χ0) is 15.6. The molecule has 0 aliphatic carbocycles. The Morgan fingerprint density at radius 2 is 2.00 bits per heavy atom. The van der Waals surface area contributed by atoms with E-state index in [1.807, 2.05) is 13.8 Å². The standard InChI is InChI=1S/C15H17ClN2O3/c1-8(2)12(21-3)13-17-14(19)11(15(20)18-13)9-6-4-5-7-10(9)16/h4-8,12H,1-3H3,(H2,17,18,19,20). The summed E-state index contributed by atoms with van der Waals surface area (Å²) in [5, 5.41) is 10.5. The van der Waals surface area contributed by atoms with Gasteiger partial charge in [0.15, 0.2) is 0 Å². The number of benzene rings is 1. The lowest BCUT2D eigenvalue weighted by molar-refractivity contribution is 0.0568. The van der Waals surface area contributed by atoms with Crippen LogP contribution >= 0.6 is 11.6 Å². The summed E-state index contributed by atoms with van der Waals surface area (Å²) < 4.78 is 5.31. The van der Waals surface area contributed by atoms with E-state index in [4.69, 9.17) is 16.3 Å². The molecule has 6 heteroatoms. The van der Waals surface area contributed by atoms with Crippen molar-refractivity contribution in [1.82, 2.24) is 9.97 Å². The highest BCUT2D eigenvalue weighted by atomic mass is 35.5. The lowest BCUT2D eigenvalue weighted by atomic mass is 10.1. The highest BCUT2D eigenvalue weighted by molar-refractivity contribution is 6.33. The molecule has 0 radical (unpaired) electrons. The van der Waals surface area contributed by atoms with Crippen LogP contribution in [0, 0.1) is 5.92 Å². The largest absolute Gasteiger partial charge is 0.493 e. The molecule has 0 saturated heterocycles. The third kappa shape index (κ3) is 3.09. The zero-order valence-electron chi connectivity index (χ0n) is 12.1. The molecular formula is C15H17ClN2O3. The lowest BCUT2D eigenvalue weighted by Crippen LogP contribution is -2.20. The minimum atomic E-state index is -0.451. The lowest BCUT2D eigenvalue weighted by Gasteiger charge is -2.18. The molecule has 0 bridgehead atoms. The van der Waals surface area contributed by atoms with Crippen molar-refractivity contribution in [3.63, 3.8) is 0 Å². The predicted octanol–water partition coefficient (Wildman–Crippen LogP) is 3.14. The van der Waals surface area contributed by atoms with Crippen molar-refractivity contribution < 1.29 is 9.84 Å². The Labute approximate surface area is 127 Å². The van der Waals surface area contributed by atoms with Crippen LogP contribution in [-0.4, -0.2) is 22.2 Å². The van der Waals surface area contributed by atoms with Gasteiger partial charge in [0, 0.05) is 17.7 Å². The van der Waals surface area contributed by atoms with Crippen LogP contribution in [0.3, 0.4) is 0 Å². The molecule has 112 valence electrons. The van der Waals surface area contributed by atoms with Crippen molar-refractivity contribution >= 4 is 11.6 Å². The Balaban J connectivity index is 2.58. The van der Waals surface area contributed by atoms with Gasteiger partial charge in [0.05, 0.1) is 0 Å². The Morgan fingerprint density at radius 3 is 2.52 bits per heavy atom. The fourth-order valence-electron chi connectivity index (χ4n) is 2.22. The maximum atomic E-state index is 12.3. The molecule has 1 aromatic carbocycles. The van der Waals surface area contributed by atoms with Crippen LogP contribution < -0.4 is 5.56 Å². The number of nitrogens with one attached hydrogen (secondary N) is 1. The third-order valence-corrected chi connectivity index (χ3v) is 3.52. The van der Waals surface area contributed by atoms with E-state index in [1.54, 1.807) is 24.3 Å². The molecule has 1 heterocycles. The van der Waals surface area contributed by atoms with Crippen LogP contribution in [0.4, 0.5) is 0 Å². The monoisotopic (exact) mass is 308 g/mol. The number of aromatic hydroxyl groups is 1. The van der Waals surface area contributed by atoms with Crippen molar-refractivity contribution in [1.29, 1.82) is 0 Å². The van der Waals surface area contributed by atoms with E-state index >= 15 is 0 Å². The molecule has 2 rings (SSSR count). The van der Waals surface area contributed by atoms with Crippen molar-refractivity contribution in [3.05, 3.63) is 45.5 Å². The SMILES string of the molecule is COC(c1nc(O)c(-c2ccccc2Cl)c(=O)[nH]1)C(C)C. The highest BCUT2D eigenvalue weighted by Crippen LogP contribution is 2.31. The van der Waals surface area contributed by atoms with Crippen LogP contribution in [0.5, 0.6) is 5.88 Å². The highest BCUT2D eigenvalue weighted by Gasteiger charge is 2.22. The summed E-state index contributed by atoms with van der Waals surface area (Å²) in [6.45, 7) is 3.88. The first kappa shape index (κ1) is 15.5. The molecule has 1 unspecified atom stereocenters. The number of nitrogens with zero attached hydrogens (tertiary/aromatic N) is 1. The summed E-state index contributed by atoms with van der Waals surface area (Å²) in [5.74, 6) is 0.0408. The number of rotatable bonds is 4. The van der Waals surface area contributed by atoms with Gasteiger partial charge in [-0.15, -0.1) is 0 Å². The fraction of sp³-hybridized carbons (Fsp3) is 0.333. The maximum Gasteiger partial charge on any atom is 0.262 e. The van der Waals surface area contributed by atoms with Crippen LogP contribution in [0.1, 0.15) is 25.8 Å². The van der Waals surface area contributed by atoms with Gasteiger partial charge in [-0.3, -0.25) is 4.79 Å². The summed E-state index contributed by atoms with van der Waals surface area (Å²) in [4.78, 5) is 19.0. The van der Waals surface area contributed by atoms with Crippen LogP contribution in [0.15, 0.2) is 29.1 Å². The number of H-pyrrole nitrogens is 1. The number of hydrogen-bond donors (Lipinski definition) is 2. The number of aromatic amines is 1. The number of aromatic nitrogens is 2. The topological polar surface area (TPSA) is 75.2 Å². The van der Waals surface area contributed by atoms with Crippen molar-refractivity contribution in [2.75, 3.05) is 7.11 Å². The van der Waals surface area contributed by atoms with Crippen molar-refractivity contribution in [3.8, 4) is 17.0 Å². The molecule has 2 N–H and O–H groups in total. The fourth-order valence-corrected chi connectivity index (χ4v) is 2.45. The minimum absolute atomic E-state index is 0.0583. The Hall–Kier alpha value is -1.85. The molecule has 0 spiro atoms. The normalized spacial score (nSPS) is 12.6. The number of halogens is 1. The van der Waals surface area contributed by atoms with E-state index < -0.39 is 11.7 Å². The van der Waals surface area contributed by atoms with Crippen LogP contribution in [0.2, 0.25) is 5.02 Å². The number of ether oxygens (including phenoxy) is 1. The van der Waals surface area contributed by atoms with Crippen LogP contribution in [-0.2, 0) is 4.74 Å². The maximum absolute atomic E-state index is 12.3. The first-order valence-electron chi connectivity index (χ1n) is 6.56. The second kappa shape index (κ2) is 6.28. The molecule has 5 nitrogen and oxygen atoms in total. The average Bonchev–Trinajstić information content (AvgIpc) is 2.40. The Kier molecular flexibility index (Phi) is 4.65. The first-order chi connectivity index (χ1) is 9.95. The molecule has 2 aromatic rings. The van der Waals surface area contributed by atoms with E-state index in [-0.39, 0.29) is 17.4 Å². The quantitative estimate of drug-likeness (QED) is 0.910. The summed E-state index contributed by atoms with van der Waals surface area (Å²) in [6, 6.07) is 6.79. The third-order valence-electron chi connectivity index (χ3n) is 3.19. The summed E-state index contributed by atoms with van der Waals surface area (Å²) >= 11 is 6.07. The molecule has 0 aliphatic rings. The van der Waals surface area contributed by atoms with Gasteiger partial charge in [-0.1, -0.05) is 43.6 Å². The van der Waals surface area contributed by atoms with Crippen molar-refractivity contribution in [2.24, 2.45) is 5.92 Å². The van der Waals surface area contributed by atoms with Crippen molar-refractivity contribution in [2.45, 2.75) is 20.0 Å². The minimum Gasteiger partial charge on any atom is -0.493 e. The number of methoxy groups -OCH3 is 1. The van der Waals surface area contributed by atoms with Gasteiger partial charge in [0.2, 0.25) is 5.88 Å². The summed E-state index contributed by atoms with van der Waals surface area (Å²) in [5.41, 5.74) is 0.0479.